The van der Waals surface area contributed by atoms with Crippen LogP contribution in [0.2, 0.25) is 0 Å². The quantitative estimate of drug-likeness (QED) is 0.903. The van der Waals surface area contributed by atoms with Gasteiger partial charge in [-0.1, -0.05) is 12.1 Å². The van der Waals surface area contributed by atoms with Gasteiger partial charge < -0.3 is 9.63 Å². The molecule has 0 amide bonds. The Morgan fingerprint density at radius 3 is 3.00 bits per heavy atom. The van der Waals surface area contributed by atoms with Crippen molar-refractivity contribution in [1.82, 2.24) is 24.8 Å². The monoisotopic (exact) mass is 317 g/mol. The van der Waals surface area contributed by atoms with Crippen LogP contribution < -0.4 is 0 Å². The summed E-state index contributed by atoms with van der Waals surface area (Å²) in [7, 11) is 0. The van der Waals surface area contributed by atoms with Crippen molar-refractivity contribution < 1.29 is 9.63 Å². The fourth-order valence-electron chi connectivity index (χ4n) is 3.18. The highest BCUT2D eigenvalue weighted by molar-refractivity contribution is 5.15. The van der Waals surface area contributed by atoms with Gasteiger partial charge in [-0.3, -0.25) is 9.58 Å². The summed E-state index contributed by atoms with van der Waals surface area (Å²) in [5.74, 6) is 1.85. The number of aliphatic hydroxyl groups excluding tert-OH is 1. The second-order valence-electron chi connectivity index (χ2n) is 6.59. The van der Waals surface area contributed by atoms with Crippen molar-refractivity contribution in [2.24, 2.45) is 5.92 Å². The van der Waals surface area contributed by atoms with Gasteiger partial charge in [0, 0.05) is 26.1 Å². The molecule has 1 aliphatic carbocycles. The van der Waals surface area contributed by atoms with Crippen LogP contribution in [0.4, 0.5) is 0 Å². The van der Waals surface area contributed by atoms with Crippen LogP contribution in [0.3, 0.4) is 0 Å². The molecule has 2 aromatic heterocycles. The van der Waals surface area contributed by atoms with E-state index in [9.17, 15) is 5.11 Å². The van der Waals surface area contributed by atoms with Crippen molar-refractivity contribution >= 4 is 0 Å². The molecule has 3 heterocycles. The molecule has 1 unspecified atom stereocenters. The molecule has 0 spiro atoms. The van der Waals surface area contributed by atoms with Crippen LogP contribution in [0, 0.1) is 5.92 Å². The van der Waals surface area contributed by atoms with Crippen LogP contribution in [0.15, 0.2) is 10.6 Å². The van der Waals surface area contributed by atoms with Gasteiger partial charge in [-0.05, 0) is 31.2 Å². The fourth-order valence-corrected chi connectivity index (χ4v) is 3.18. The molecule has 124 valence electrons. The van der Waals surface area contributed by atoms with E-state index in [2.05, 4.69) is 30.9 Å². The van der Waals surface area contributed by atoms with Crippen molar-refractivity contribution in [3.05, 3.63) is 29.2 Å². The van der Waals surface area contributed by atoms with Gasteiger partial charge in [0.15, 0.2) is 5.82 Å². The molecular weight excluding hydrogens is 294 g/mol. The highest BCUT2D eigenvalue weighted by Crippen LogP contribution is 2.40. The van der Waals surface area contributed by atoms with E-state index < -0.39 is 6.10 Å². The second-order valence-corrected chi connectivity index (χ2v) is 6.59. The summed E-state index contributed by atoms with van der Waals surface area (Å²) in [6.45, 7) is 5.39. The van der Waals surface area contributed by atoms with Gasteiger partial charge in [0.25, 0.3) is 0 Å². The molecule has 1 aliphatic heterocycles. The van der Waals surface area contributed by atoms with Crippen molar-refractivity contribution in [3.63, 3.8) is 0 Å². The number of fused-ring (bicyclic) bond motifs is 1. The normalized spacial score (nSPS) is 20.3. The van der Waals surface area contributed by atoms with E-state index in [4.69, 9.17) is 4.52 Å². The molecule has 23 heavy (non-hydrogen) atoms. The lowest BCUT2D eigenvalue weighted by Crippen LogP contribution is -2.23. The Morgan fingerprint density at radius 2 is 2.26 bits per heavy atom. The van der Waals surface area contributed by atoms with Gasteiger partial charge in [-0.25, -0.2) is 0 Å². The number of rotatable bonds is 5. The van der Waals surface area contributed by atoms with Crippen LogP contribution in [0.5, 0.6) is 0 Å². The van der Waals surface area contributed by atoms with E-state index in [0.29, 0.717) is 18.4 Å². The average molecular weight is 317 g/mol. The highest BCUT2D eigenvalue weighted by Gasteiger charge is 2.33. The summed E-state index contributed by atoms with van der Waals surface area (Å²) in [5.41, 5.74) is 1.99. The summed E-state index contributed by atoms with van der Waals surface area (Å²) < 4.78 is 7.24. The molecule has 1 saturated carbocycles. The maximum atomic E-state index is 10.3. The zero-order valence-corrected chi connectivity index (χ0v) is 13.5. The molecule has 0 bridgehead atoms. The number of hydrogen-bond acceptors (Lipinski definition) is 6. The first kappa shape index (κ1) is 14.8. The third kappa shape index (κ3) is 3.16. The Bertz CT molecular complexity index is 676. The second kappa shape index (κ2) is 6.05. The Labute approximate surface area is 135 Å². The van der Waals surface area contributed by atoms with E-state index in [1.54, 1.807) is 0 Å². The number of aliphatic hydroxyl groups is 1. The van der Waals surface area contributed by atoms with E-state index in [-0.39, 0.29) is 0 Å². The lowest BCUT2D eigenvalue weighted by Gasteiger charge is -2.16. The SMILES string of the molecule is CCc1nc(CN2CCCn3nc(C(O)C4CC4)cc3C2)no1. The van der Waals surface area contributed by atoms with Crippen molar-refractivity contribution in [2.45, 2.75) is 58.3 Å². The van der Waals surface area contributed by atoms with Crippen LogP contribution in [-0.2, 0) is 26.1 Å². The van der Waals surface area contributed by atoms with Crippen molar-refractivity contribution in [1.29, 1.82) is 0 Å². The van der Waals surface area contributed by atoms with Crippen LogP contribution in [0.1, 0.15) is 55.4 Å². The minimum atomic E-state index is -0.396. The van der Waals surface area contributed by atoms with Crippen LogP contribution in [-0.4, -0.2) is 36.5 Å². The van der Waals surface area contributed by atoms with Crippen LogP contribution >= 0.6 is 0 Å². The fraction of sp³-hybridized carbons (Fsp3) is 0.688. The molecule has 1 fully saturated rings. The molecule has 2 aromatic rings. The first-order valence-electron chi connectivity index (χ1n) is 8.51. The molecule has 0 saturated heterocycles. The smallest absolute Gasteiger partial charge is 0.226 e. The van der Waals surface area contributed by atoms with Crippen LogP contribution in [0.25, 0.3) is 0 Å². The van der Waals surface area contributed by atoms with Crippen molar-refractivity contribution in [2.75, 3.05) is 6.54 Å². The summed E-state index contributed by atoms with van der Waals surface area (Å²) in [6, 6.07) is 2.06. The van der Waals surface area contributed by atoms with E-state index >= 15 is 0 Å². The van der Waals surface area contributed by atoms with E-state index in [0.717, 1.165) is 62.5 Å². The molecular formula is C16H23N5O2. The summed E-state index contributed by atoms with van der Waals surface area (Å²) >= 11 is 0. The molecule has 0 aromatic carbocycles. The number of nitrogens with zero attached hydrogens (tertiary/aromatic N) is 5. The van der Waals surface area contributed by atoms with Gasteiger partial charge in [0.1, 0.15) is 6.10 Å². The van der Waals surface area contributed by atoms with E-state index in [1.165, 1.54) is 0 Å². The first-order chi connectivity index (χ1) is 11.2. The summed E-state index contributed by atoms with van der Waals surface area (Å²) in [5, 5.41) is 19.0. The van der Waals surface area contributed by atoms with Crippen molar-refractivity contribution in [3.8, 4) is 0 Å². The molecule has 7 nitrogen and oxygen atoms in total. The standard InChI is InChI=1S/C16H23N5O2/c1-2-15-17-14(19-23-15)10-20-6-3-7-21-12(9-20)8-13(18-21)16(22)11-4-5-11/h8,11,16,22H,2-7,9-10H2,1H3. The number of aryl methyl sites for hydroxylation is 2. The topological polar surface area (TPSA) is 80.2 Å². The third-order valence-corrected chi connectivity index (χ3v) is 4.66. The van der Waals surface area contributed by atoms with Gasteiger partial charge in [-0.15, -0.1) is 0 Å². The lowest BCUT2D eigenvalue weighted by molar-refractivity contribution is 0.148. The Kier molecular flexibility index (Phi) is 3.90. The molecule has 2 aliphatic rings. The number of hydrogen-bond donors (Lipinski definition) is 1. The Morgan fingerprint density at radius 1 is 1.39 bits per heavy atom. The van der Waals surface area contributed by atoms with Gasteiger partial charge in [0.2, 0.25) is 5.89 Å². The minimum absolute atomic E-state index is 0.396. The van der Waals surface area contributed by atoms with E-state index in [1.807, 2.05) is 6.92 Å². The Hall–Kier alpha value is -1.73. The summed E-state index contributed by atoms with van der Waals surface area (Å²) in [4.78, 5) is 6.71. The third-order valence-electron chi connectivity index (χ3n) is 4.66. The molecule has 1 atom stereocenters. The lowest BCUT2D eigenvalue weighted by atomic mass is 10.1. The highest BCUT2D eigenvalue weighted by atomic mass is 16.5. The van der Waals surface area contributed by atoms with Gasteiger partial charge in [0.05, 0.1) is 17.9 Å². The van der Waals surface area contributed by atoms with Gasteiger partial charge >= 0.3 is 0 Å². The molecule has 4 rings (SSSR count). The predicted octanol–water partition coefficient (Wildman–Crippen LogP) is 1.68. The Balaban J connectivity index is 1.47. The maximum Gasteiger partial charge on any atom is 0.226 e. The molecule has 1 N–H and O–H groups in total. The molecule has 0 radical (unpaired) electrons. The zero-order chi connectivity index (χ0) is 15.8. The average Bonchev–Trinajstić information content (AvgIpc) is 3.23. The zero-order valence-electron chi connectivity index (χ0n) is 13.5. The minimum Gasteiger partial charge on any atom is -0.386 e. The first-order valence-corrected chi connectivity index (χ1v) is 8.51. The maximum absolute atomic E-state index is 10.3. The molecule has 7 heteroatoms. The predicted molar refractivity (Wildman–Crippen MR) is 82.3 cm³/mol. The summed E-state index contributed by atoms with van der Waals surface area (Å²) in [6.07, 6.45) is 3.64. The van der Waals surface area contributed by atoms with Gasteiger partial charge in [-0.2, -0.15) is 10.1 Å². The largest absolute Gasteiger partial charge is 0.386 e. The number of aromatic nitrogens is 4.